The van der Waals surface area contributed by atoms with Crippen molar-refractivity contribution in [3.05, 3.63) is 29.3 Å². The van der Waals surface area contributed by atoms with E-state index in [2.05, 4.69) is 36.9 Å². The van der Waals surface area contributed by atoms with Gasteiger partial charge in [0.1, 0.15) is 0 Å². The molecule has 23 heavy (non-hydrogen) atoms. The SMILES string of the molecule is Cc1cc(C)cc(N2CCC3(CCC(CC(=O)O)CC3)CC2)c1. The van der Waals surface area contributed by atoms with Gasteiger partial charge in [-0.2, -0.15) is 0 Å². The molecule has 2 fully saturated rings. The predicted molar refractivity (Wildman–Crippen MR) is 94.0 cm³/mol. The van der Waals surface area contributed by atoms with Crippen LogP contribution in [-0.4, -0.2) is 24.2 Å². The summed E-state index contributed by atoms with van der Waals surface area (Å²) in [5, 5.41) is 8.97. The molecule has 3 nitrogen and oxygen atoms in total. The van der Waals surface area contributed by atoms with E-state index in [1.54, 1.807) is 0 Å². The second-order valence-corrected chi connectivity index (χ2v) is 7.87. The third-order valence-corrected chi connectivity index (χ3v) is 6.02. The summed E-state index contributed by atoms with van der Waals surface area (Å²) in [5.74, 6) is -0.217. The van der Waals surface area contributed by atoms with Crippen molar-refractivity contribution in [2.45, 2.75) is 58.8 Å². The number of aryl methyl sites for hydroxylation is 2. The second kappa shape index (κ2) is 6.54. The molecule has 126 valence electrons. The maximum absolute atomic E-state index is 10.9. The van der Waals surface area contributed by atoms with E-state index in [1.165, 1.54) is 42.5 Å². The highest BCUT2D eigenvalue weighted by molar-refractivity contribution is 5.67. The first-order valence-corrected chi connectivity index (χ1v) is 9.01. The Kier molecular flexibility index (Phi) is 4.65. The highest BCUT2D eigenvalue weighted by Gasteiger charge is 2.38. The minimum Gasteiger partial charge on any atom is -0.481 e. The van der Waals surface area contributed by atoms with Crippen LogP contribution in [-0.2, 0) is 4.79 Å². The van der Waals surface area contributed by atoms with E-state index in [1.807, 2.05) is 0 Å². The van der Waals surface area contributed by atoms with Crippen molar-refractivity contribution in [3.63, 3.8) is 0 Å². The summed E-state index contributed by atoms with van der Waals surface area (Å²) in [5.41, 5.74) is 4.55. The van der Waals surface area contributed by atoms with E-state index < -0.39 is 5.97 Å². The molecule has 1 aromatic rings. The number of carboxylic acids is 1. The molecular formula is C20H29NO2. The first-order valence-electron chi connectivity index (χ1n) is 9.01. The maximum atomic E-state index is 10.9. The van der Waals surface area contributed by atoms with Crippen molar-refractivity contribution in [2.24, 2.45) is 11.3 Å². The van der Waals surface area contributed by atoms with Gasteiger partial charge in [-0.15, -0.1) is 0 Å². The average molecular weight is 315 g/mol. The van der Waals surface area contributed by atoms with Crippen LogP contribution in [0.1, 0.15) is 56.1 Å². The molecule has 3 rings (SSSR count). The van der Waals surface area contributed by atoms with E-state index in [0.717, 1.165) is 25.9 Å². The molecule has 0 amide bonds. The quantitative estimate of drug-likeness (QED) is 0.889. The Labute approximate surface area is 139 Å². The number of rotatable bonds is 3. The van der Waals surface area contributed by atoms with Crippen molar-refractivity contribution < 1.29 is 9.90 Å². The minimum atomic E-state index is -0.629. The smallest absolute Gasteiger partial charge is 0.303 e. The Morgan fingerprint density at radius 1 is 1.09 bits per heavy atom. The molecule has 1 saturated carbocycles. The highest BCUT2D eigenvalue weighted by atomic mass is 16.4. The number of carbonyl (C=O) groups is 1. The third kappa shape index (κ3) is 3.88. The van der Waals surface area contributed by atoms with Crippen molar-refractivity contribution in [1.29, 1.82) is 0 Å². The van der Waals surface area contributed by atoms with Gasteiger partial charge in [0.05, 0.1) is 0 Å². The molecule has 0 unspecified atom stereocenters. The van der Waals surface area contributed by atoms with Crippen molar-refractivity contribution >= 4 is 11.7 Å². The number of nitrogens with zero attached hydrogens (tertiary/aromatic N) is 1. The highest BCUT2D eigenvalue weighted by Crippen LogP contribution is 2.47. The number of anilines is 1. The van der Waals surface area contributed by atoms with Crippen LogP contribution in [0.4, 0.5) is 5.69 Å². The number of aliphatic carboxylic acids is 1. The van der Waals surface area contributed by atoms with Gasteiger partial charge < -0.3 is 10.0 Å². The zero-order valence-electron chi connectivity index (χ0n) is 14.5. The molecule has 0 atom stereocenters. The van der Waals surface area contributed by atoms with E-state index in [0.29, 0.717) is 17.8 Å². The van der Waals surface area contributed by atoms with Crippen molar-refractivity contribution in [1.82, 2.24) is 0 Å². The zero-order valence-corrected chi connectivity index (χ0v) is 14.5. The van der Waals surface area contributed by atoms with Gasteiger partial charge in [-0.3, -0.25) is 4.79 Å². The standard InChI is InChI=1S/C20H29NO2/c1-15-11-16(2)13-18(12-15)21-9-7-20(8-10-21)5-3-17(4-6-20)14-19(22)23/h11-13,17H,3-10,14H2,1-2H3,(H,22,23). The van der Waals surface area contributed by atoms with Crippen LogP contribution in [0.3, 0.4) is 0 Å². The summed E-state index contributed by atoms with van der Waals surface area (Å²) >= 11 is 0. The Morgan fingerprint density at radius 2 is 1.65 bits per heavy atom. The fourth-order valence-electron chi connectivity index (χ4n) is 4.61. The van der Waals surface area contributed by atoms with Crippen LogP contribution in [0, 0.1) is 25.2 Å². The van der Waals surface area contributed by atoms with Crippen LogP contribution < -0.4 is 4.90 Å². The summed E-state index contributed by atoms with van der Waals surface area (Å²) < 4.78 is 0. The first-order chi connectivity index (χ1) is 11.0. The lowest BCUT2D eigenvalue weighted by Crippen LogP contribution is -2.42. The lowest BCUT2D eigenvalue weighted by atomic mass is 9.65. The molecule has 1 N–H and O–H groups in total. The molecule has 1 aromatic carbocycles. The molecule has 1 saturated heterocycles. The van der Waals surface area contributed by atoms with Crippen LogP contribution in [0.2, 0.25) is 0 Å². The van der Waals surface area contributed by atoms with Gasteiger partial charge >= 0.3 is 5.97 Å². The number of hydrogen-bond acceptors (Lipinski definition) is 2. The zero-order chi connectivity index (χ0) is 16.4. The van der Waals surface area contributed by atoms with Crippen LogP contribution in [0.5, 0.6) is 0 Å². The van der Waals surface area contributed by atoms with E-state index in [-0.39, 0.29) is 0 Å². The summed E-state index contributed by atoms with van der Waals surface area (Å²) in [4.78, 5) is 13.4. The van der Waals surface area contributed by atoms with Crippen LogP contribution in [0.15, 0.2) is 18.2 Å². The van der Waals surface area contributed by atoms with Crippen LogP contribution >= 0.6 is 0 Å². The molecule has 1 heterocycles. The predicted octanol–water partition coefficient (Wildman–Crippen LogP) is 4.55. The monoisotopic (exact) mass is 315 g/mol. The van der Waals surface area contributed by atoms with Crippen molar-refractivity contribution in [2.75, 3.05) is 18.0 Å². The molecule has 1 aliphatic heterocycles. The molecule has 3 heteroatoms. The van der Waals surface area contributed by atoms with E-state index in [4.69, 9.17) is 5.11 Å². The molecular weight excluding hydrogens is 286 g/mol. The van der Waals surface area contributed by atoms with Gasteiger partial charge in [-0.1, -0.05) is 6.07 Å². The Balaban J connectivity index is 1.57. The minimum absolute atomic E-state index is 0.366. The lowest BCUT2D eigenvalue weighted by molar-refractivity contribution is -0.138. The topological polar surface area (TPSA) is 40.5 Å². The first kappa shape index (κ1) is 16.4. The fraction of sp³-hybridized carbons (Fsp3) is 0.650. The Bertz CT molecular complexity index is 543. The lowest BCUT2D eigenvalue weighted by Gasteiger charge is -2.46. The van der Waals surface area contributed by atoms with Gasteiger partial charge in [0.25, 0.3) is 0 Å². The van der Waals surface area contributed by atoms with Crippen LogP contribution in [0.25, 0.3) is 0 Å². The van der Waals surface area contributed by atoms with Gasteiger partial charge in [-0.25, -0.2) is 0 Å². The van der Waals surface area contributed by atoms with Gasteiger partial charge in [0.2, 0.25) is 0 Å². The summed E-state index contributed by atoms with van der Waals surface area (Å²) in [6.07, 6.45) is 7.56. The van der Waals surface area contributed by atoms with Gasteiger partial charge in [0.15, 0.2) is 0 Å². The van der Waals surface area contributed by atoms with Gasteiger partial charge in [-0.05, 0) is 87.0 Å². The number of carboxylic acid groups (broad SMARTS) is 1. The summed E-state index contributed by atoms with van der Waals surface area (Å²) in [7, 11) is 0. The Morgan fingerprint density at radius 3 is 2.17 bits per heavy atom. The largest absolute Gasteiger partial charge is 0.481 e. The normalized spacial score (nSPS) is 21.6. The number of benzene rings is 1. The second-order valence-electron chi connectivity index (χ2n) is 7.87. The molecule has 1 spiro atoms. The summed E-state index contributed by atoms with van der Waals surface area (Å²) in [6, 6.07) is 6.84. The molecule has 0 aromatic heterocycles. The maximum Gasteiger partial charge on any atom is 0.303 e. The van der Waals surface area contributed by atoms with Gasteiger partial charge in [0, 0.05) is 25.2 Å². The summed E-state index contributed by atoms with van der Waals surface area (Å²) in [6.45, 7) is 6.64. The molecule has 1 aliphatic carbocycles. The molecule has 2 aliphatic rings. The van der Waals surface area contributed by atoms with E-state index >= 15 is 0 Å². The molecule has 0 radical (unpaired) electrons. The number of piperidine rings is 1. The molecule has 0 bridgehead atoms. The van der Waals surface area contributed by atoms with E-state index in [9.17, 15) is 4.79 Å². The average Bonchev–Trinajstić information content (AvgIpc) is 2.49. The fourth-order valence-corrected chi connectivity index (χ4v) is 4.61. The Hall–Kier alpha value is -1.51. The van der Waals surface area contributed by atoms with Crippen molar-refractivity contribution in [3.8, 4) is 0 Å². The number of hydrogen-bond donors (Lipinski definition) is 1. The third-order valence-electron chi connectivity index (χ3n) is 6.02.